The molecule has 0 atom stereocenters. The summed E-state index contributed by atoms with van der Waals surface area (Å²) in [5, 5.41) is 4.35. The fraction of sp³-hybridized carbons (Fsp3) is 0.111. The van der Waals surface area contributed by atoms with Gasteiger partial charge in [0.15, 0.2) is 5.69 Å². The molecule has 5 nitrogen and oxygen atoms in total. The number of hydrogen-bond donors (Lipinski definition) is 0. The lowest BCUT2D eigenvalue weighted by Gasteiger charge is -2.03. The van der Waals surface area contributed by atoms with Gasteiger partial charge in [0, 0.05) is 17.7 Å². The summed E-state index contributed by atoms with van der Waals surface area (Å²) in [5.74, 6) is 1.66. The molecule has 0 amide bonds. The number of rotatable bonds is 6. The van der Waals surface area contributed by atoms with Crippen LogP contribution >= 0.6 is 27.5 Å². The predicted octanol–water partition coefficient (Wildman–Crippen LogP) is 4.90. The molecule has 0 aliphatic heterocycles. The highest BCUT2D eigenvalue weighted by atomic mass is 79.9. The largest absolute Gasteiger partial charge is 0.486 e. The average molecular weight is 422 g/mol. The monoisotopic (exact) mass is 420 g/mol. The maximum absolute atomic E-state index is 12.1. The van der Waals surface area contributed by atoms with Crippen molar-refractivity contribution in [2.75, 3.05) is 0 Å². The van der Waals surface area contributed by atoms with E-state index in [0.29, 0.717) is 23.2 Å². The number of allylic oxidation sites excluding steroid dienone is 1. The maximum Gasteiger partial charge on any atom is 0.207 e. The van der Waals surface area contributed by atoms with Crippen molar-refractivity contribution in [3.05, 3.63) is 75.4 Å². The van der Waals surface area contributed by atoms with Gasteiger partial charge in [-0.2, -0.15) is 5.10 Å². The minimum atomic E-state index is -0.283. The zero-order valence-corrected chi connectivity index (χ0v) is 15.6. The van der Waals surface area contributed by atoms with Crippen LogP contribution in [0.2, 0.25) is 5.02 Å². The Kier molecular flexibility index (Phi) is 5.40. The Balaban J connectivity index is 1.61. The summed E-state index contributed by atoms with van der Waals surface area (Å²) in [6, 6.07) is 11.1. The van der Waals surface area contributed by atoms with E-state index in [2.05, 4.69) is 21.0 Å². The molecule has 0 bridgehead atoms. The number of furan rings is 1. The number of carbonyl (C=O) groups is 1. The molecule has 0 fully saturated rings. The van der Waals surface area contributed by atoms with Crippen molar-refractivity contribution in [2.45, 2.75) is 6.61 Å². The van der Waals surface area contributed by atoms with Gasteiger partial charge < -0.3 is 9.15 Å². The normalized spacial score (nSPS) is 11.2. The molecule has 128 valence electrons. The second-order valence-corrected chi connectivity index (χ2v) is 6.57. The number of aryl methyl sites for hydroxylation is 1. The van der Waals surface area contributed by atoms with Gasteiger partial charge in [0.05, 0.1) is 5.02 Å². The summed E-state index contributed by atoms with van der Waals surface area (Å²) >= 11 is 9.35. The Morgan fingerprint density at radius 1 is 1.40 bits per heavy atom. The van der Waals surface area contributed by atoms with Gasteiger partial charge in [-0.1, -0.05) is 33.6 Å². The van der Waals surface area contributed by atoms with Crippen LogP contribution in [0, 0.1) is 0 Å². The molecule has 1 aromatic carbocycles. The number of aromatic nitrogens is 2. The van der Waals surface area contributed by atoms with E-state index in [-0.39, 0.29) is 11.5 Å². The van der Waals surface area contributed by atoms with E-state index in [1.54, 1.807) is 31.5 Å². The quantitative estimate of drug-likeness (QED) is 0.419. The van der Waals surface area contributed by atoms with E-state index in [1.807, 2.05) is 24.3 Å². The summed E-state index contributed by atoms with van der Waals surface area (Å²) in [6.07, 6.45) is 4.54. The zero-order valence-electron chi connectivity index (χ0n) is 13.3. The summed E-state index contributed by atoms with van der Waals surface area (Å²) in [4.78, 5) is 12.1. The summed E-state index contributed by atoms with van der Waals surface area (Å²) in [7, 11) is 1.70. The van der Waals surface area contributed by atoms with Crippen LogP contribution in [0.1, 0.15) is 22.0 Å². The molecule has 7 heteroatoms. The SMILES string of the molecule is Cn1cc(Cl)c(C(=O)/C=C/c2ccc(COc3cccc(Br)c3)o2)n1. The van der Waals surface area contributed by atoms with Gasteiger partial charge in [-0.15, -0.1) is 0 Å². The lowest BCUT2D eigenvalue weighted by atomic mass is 10.2. The van der Waals surface area contributed by atoms with Crippen molar-refractivity contribution >= 4 is 39.4 Å². The summed E-state index contributed by atoms with van der Waals surface area (Å²) in [5.41, 5.74) is 0.213. The highest BCUT2D eigenvalue weighted by molar-refractivity contribution is 9.10. The molecule has 0 unspecified atom stereocenters. The molecule has 0 spiro atoms. The number of ether oxygens (including phenoxy) is 1. The minimum Gasteiger partial charge on any atom is -0.486 e. The van der Waals surface area contributed by atoms with Crippen LogP contribution in [-0.2, 0) is 13.7 Å². The van der Waals surface area contributed by atoms with E-state index in [1.165, 1.54) is 10.8 Å². The zero-order chi connectivity index (χ0) is 17.8. The highest BCUT2D eigenvalue weighted by Crippen LogP contribution is 2.20. The van der Waals surface area contributed by atoms with E-state index < -0.39 is 0 Å². The van der Waals surface area contributed by atoms with E-state index in [9.17, 15) is 4.79 Å². The van der Waals surface area contributed by atoms with Crippen molar-refractivity contribution in [2.24, 2.45) is 7.05 Å². The third kappa shape index (κ3) is 4.61. The van der Waals surface area contributed by atoms with Gasteiger partial charge >= 0.3 is 0 Å². The first-order chi connectivity index (χ1) is 12.0. The number of hydrogen-bond acceptors (Lipinski definition) is 4. The van der Waals surface area contributed by atoms with Gasteiger partial charge in [0.2, 0.25) is 5.78 Å². The van der Waals surface area contributed by atoms with Crippen LogP contribution in [0.4, 0.5) is 0 Å². The van der Waals surface area contributed by atoms with E-state index >= 15 is 0 Å². The molecule has 0 radical (unpaired) electrons. The van der Waals surface area contributed by atoms with Crippen LogP contribution in [0.5, 0.6) is 5.75 Å². The van der Waals surface area contributed by atoms with Crippen LogP contribution in [0.15, 0.2) is 57.6 Å². The molecule has 0 aliphatic carbocycles. The molecule has 0 aliphatic rings. The molecular weight excluding hydrogens is 408 g/mol. The van der Waals surface area contributed by atoms with Crippen molar-refractivity contribution < 1.29 is 13.9 Å². The Morgan fingerprint density at radius 2 is 2.24 bits per heavy atom. The molecule has 2 aromatic heterocycles. The third-order valence-electron chi connectivity index (χ3n) is 3.28. The molecule has 25 heavy (non-hydrogen) atoms. The number of ketones is 1. The second kappa shape index (κ2) is 7.72. The fourth-order valence-electron chi connectivity index (χ4n) is 2.14. The van der Waals surface area contributed by atoms with Crippen molar-refractivity contribution in [1.82, 2.24) is 9.78 Å². The van der Waals surface area contributed by atoms with E-state index in [0.717, 1.165) is 10.2 Å². The first-order valence-corrected chi connectivity index (χ1v) is 8.57. The number of nitrogens with zero attached hydrogens (tertiary/aromatic N) is 2. The fourth-order valence-corrected chi connectivity index (χ4v) is 2.79. The number of carbonyl (C=O) groups excluding carboxylic acids is 1. The second-order valence-electron chi connectivity index (χ2n) is 5.25. The van der Waals surface area contributed by atoms with Crippen LogP contribution < -0.4 is 4.74 Å². The Bertz CT molecular complexity index is 930. The van der Waals surface area contributed by atoms with Gasteiger partial charge in [-0.3, -0.25) is 9.48 Å². The lowest BCUT2D eigenvalue weighted by molar-refractivity contribution is 0.104. The highest BCUT2D eigenvalue weighted by Gasteiger charge is 2.12. The standard InChI is InChI=1S/C18H14BrClN2O3/c1-22-10-16(20)18(21-22)17(23)8-7-13-5-6-15(25-13)11-24-14-4-2-3-12(19)9-14/h2-10H,11H2,1H3/b8-7+. The molecule has 3 aromatic rings. The Labute approximate surface area is 158 Å². The van der Waals surface area contributed by atoms with Gasteiger partial charge in [-0.05, 0) is 42.5 Å². The molecule has 0 saturated heterocycles. The third-order valence-corrected chi connectivity index (χ3v) is 4.05. The predicted molar refractivity (Wildman–Crippen MR) is 98.8 cm³/mol. The average Bonchev–Trinajstić information content (AvgIpc) is 3.17. The molecule has 0 saturated carbocycles. The van der Waals surface area contributed by atoms with Crippen molar-refractivity contribution in [3.63, 3.8) is 0 Å². The Hall–Kier alpha value is -2.31. The minimum absolute atomic E-state index is 0.213. The summed E-state index contributed by atoms with van der Waals surface area (Å²) < 4.78 is 13.7. The topological polar surface area (TPSA) is 57.3 Å². The van der Waals surface area contributed by atoms with E-state index in [4.69, 9.17) is 20.8 Å². The maximum atomic E-state index is 12.1. The molecule has 0 N–H and O–H groups in total. The molecule has 3 rings (SSSR count). The number of halogens is 2. The van der Waals surface area contributed by atoms with Crippen molar-refractivity contribution in [3.8, 4) is 5.75 Å². The molecule has 2 heterocycles. The van der Waals surface area contributed by atoms with Gasteiger partial charge in [0.1, 0.15) is 23.9 Å². The smallest absolute Gasteiger partial charge is 0.207 e. The number of benzene rings is 1. The Morgan fingerprint density at radius 3 is 2.96 bits per heavy atom. The van der Waals surface area contributed by atoms with Crippen LogP contribution in [0.25, 0.3) is 6.08 Å². The first-order valence-electron chi connectivity index (χ1n) is 7.40. The van der Waals surface area contributed by atoms with Gasteiger partial charge in [-0.25, -0.2) is 0 Å². The molecular formula is C18H14BrClN2O3. The van der Waals surface area contributed by atoms with Crippen LogP contribution in [0.3, 0.4) is 0 Å². The van der Waals surface area contributed by atoms with Crippen LogP contribution in [-0.4, -0.2) is 15.6 Å². The lowest BCUT2D eigenvalue weighted by Crippen LogP contribution is -1.98. The van der Waals surface area contributed by atoms with Crippen molar-refractivity contribution in [1.29, 1.82) is 0 Å². The van der Waals surface area contributed by atoms with Gasteiger partial charge in [0.25, 0.3) is 0 Å². The summed E-state index contributed by atoms with van der Waals surface area (Å²) in [6.45, 7) is 0.296. The first kappa shape index (κ1) is 17.5.